The quantitative estimate of drug-likeness (QED) is 0.627. The van der Waals surface area contributed by atoms with Crippen LogP contribution in [0.2, 0.25) is 0 Å². The van der Waals surface area contributed by atoms with Crippen molar-refractivity contribution in [2.24, 2.45) is 16.8 Å². The molecule has 4 atom stereocenters. The number of piperidine rings is 1. The van der Waals surface area contributed by atoms with Gasteiger partial charge in [-0.15, -0.1) is 0 Å². The second-order valence-corrected chi connectivity index (χ2v) is 7.40. The highest BCUT2D eigenvalue weighted by molar-refractivity contribution is 5.80. The van der Waals surface area contributed by atoms with E-state index in [9.17, 15) is 0 Å². The molecule has 0 aromatic rings. The molecule has 0 amide bonds. The van der Waals surface area contributed by atoms with Crippen molar-refractivity contribution in [3.05, 3.63) is 0 Å². The second-order valence-electron chi connectivity index (χ2n) is 7.40. The van der Waals surface area contributed by atoms with Gasteiger partial charge in [0.15, 0.2) is 5.96 Å². The van der Waals surface area contributed by atoms with Gasteiger partial charge in [-0.1, -0.05) is 6.42 Å². The first kappa shape index (κ1) is 14.8. The smallest absolute Gasteiger partial charge is 0.193 e. The summed E-state index contributed by atoms with van der Waals surface area (Å²) in [4.78, 5) is 9.57. The zero-order chi connectivity index (χ0) is 14.9. The van der Waals surface area contributed by atoms with Gasteiger partial charge in [0.25, 0.3) is 0 Å². The standard InChI is InChI=1S/C17H30N4O/c1-18-17(19-7-10-20-8-3-2-4-9-20)21-11-13-14(12-21)16-6-5-15(13)22-16/h13-16H,2-12H2,1H3,(H,18,19). The average Bonchev–Trinajstić information content (AvgIpc) is 3.25. The summed E-state index contributed by atoms with van der Waals surface area (Å²) in [6.45, 7) is 6.98. The van der Waals surface area contributed by atoms with E-state index in [1.165, 1.54) is 45.2 Å². The third-order valence-electron chi connectivity index (χ3n) is 6.12. The summed E-state index contributed by atoms with van der Waals surface area (Å²) in [6, 6.07) is 0. The summed E-state index contributed by atoms with van der Waals surface area (Å²) >= 11 is 0. The van der Waals surface area contributed by atoms with Crippen LogP contribution in [0.25, 0.3) is 0 Å². The van der Waals surface area contributed by atoms with Gasteiger partial charge in [-0.25, -0.2) is 0 Å². The Hall–Kier alpha value is -0.810. The molecule has 4 unspecified atom stereocenters. The molecule has 5 nitrogen and oxygen atoms in total. The van der Waals surface area contributed by atoms with Crippen molar-refractivity contribution < 1.29 is 4.74 Å². The number of hydrogen-bond acceptors (Lipinski definition) is 3. The van der Waals surface area contributed by atoms with E-state index in [0.717, 1.165) is 44.0 Å². The molecule has 4 heterocycles. The van der Waals surface area contributed by atoms with Crippen molar-refractivity contribution in [1.29, 1.82) is 0 Å². The fourth-order valence-corrected chi connectivity index (χ4v) is 4.97. The van der Waals surface area contributed by atoms with Crippen molar-refractivity contribution in [3.63, 3.8) is 0 Å². The zero-order valence-corrected chi connectivity index (χ0v) is 13.8. The number of guanidine groups is 1. The van der Waals surface area contributed by atoms with Gasteiger partial charge in [-0.3, -0.25) is 4.99 Å². The Morgan fingerprint density at radius 3 is 2.41 bits per heavy atom. The van der Waals surface area contributed by atoms with E-state index in [-0.39, 0.29) is 0 Å². The molecule has 5 heteroatoms. The zero-order valence-electron chi connectivity index (χ0n) is 13.8. The highest BCUT2D eigenvalue weighted by atomic mass is 16.5. The van der Waals surface area contributed by atoms with E-state index >= 15 is 0 Å². The number of nitrogens with zero attached hydrogens (tertiary/aromatic N) is 3. The highest BCUT2D eigenvalue weighted by Gasteiger charge is 2.53. The molecule has 0 aliphatic carbocycles. The van der Waals surface area contributed by atoms with Gasteiger partial charge in [0.1, 0.15) is 0 Å². The van der Waals surface area contributed by atoms with Gasteiger partial charge >= 0.3 is 0 Å². The van der Waals surface area contributed by atoms with Crippen LogP contribution in [0.5, 0.6) is 0 Å². The Labute approximate surface area is 134 Å². The Morgan fingerprint density at radius 1 is 1.09 bits per heavy atom. The molecule has 0 spiro atoms. The predicted molar refractivity (Wildman–Crippen MR) is 88.1 cm³/mol. The van der Waals surface area contributed by atoms with E-state index in [2.05, 4.69) is 20.1 Å². The maximum absolute atomic E-state index is 6.07. The fraction of sp³-hybridized carbons (Fsp3) is 0.941. The molecular weight excluding hydrogens is 276 g/mol. The third-order valence-corrected chi connectivity index (χ3v) is 6.12. The molecule has 0 aromatic carbocycles. The van der Waals surface area contributed by atoms with E-state index in [4.69, 9.17) is 4.74 Å². The van der Waals surface area contributed by atoms with Crippen LogP contribution in [0.3, 0.4) is 0 Å². The first-order valence-electron chi connectivity index (χ1n) is 9.18. The molecule has 4 fully saturated rings. The molecule has 4 rings (SSSR count). The topological polar surface area (TPSA) is 40.1 Å². The lowest BCUT2D eigenvalue weighted by atomic mass is 9.82. The molecule has 4 aliphatic rings. The summed E-state index contributed by atoms with van der Waals surface area (Å²) in [5.74, 6) is 2.60. The van der Waals surface area contributed by atoms with Gasteiger partial charge in [-0.2, -0.15) is 0 Å². The minimum absolute atomic E-state index is 0.534. The van der Waals surface area contributed by atoms with Gasteiger partial charge in [0.05, 0.1) is 12.2 Å². The van der Waals surface area contributed by atoms with Crippen LogP contribution in [0.1, 0.15) is 32.1 Å². The Bertz CT molecular complexity index is 403. The van der Waals surface area contributed by atoms with Crippen molar-refractivity contribution in [2.75, 3.05) is 46.3 Å². The Kier molecular flexibility index (Phi) is 4.27. The van der Waals surface area contributed by atoms with Gasteiger partial charge in [0.2, 0.25) is 0 Å². The Balaban J connectivity index is 1.26. The largest absolute Gasteiger partial charge is 0.374 e. The van der Waals surface area contributed by atoms with E-state index in [1.54, 1.807) is 0 Å². The number of ether oxygens (including phenoxy) is 1. The van der Waals surface area contributed by atoms with Crippen molar-refractivity contribution in [2.45, 2.75) is 44.3 Å². The molecular formula is C17H30N4O. The molecule has 2 bridgehead atoms. The van der Waals surface area contributed by atoms with Crippen LogP contribution in [0, 0.1) is 11.8 Å². The van der Waals surface area contributed by atoms with Crippen molar-refractivity contribution >= 4 is 5.96 Å². The van der Waals surface area contributed by atoms with Crippen molar-refractivity contribution in [3.8, 4) is 0 Å². The maximum Gasteiger partial charge on any atom is 0.193 e. The average molecular weight is 306 g/mol. The van der Waals surface area contributed by atoms with Crippen LogP contribution in [-0.4, -0.2) is 74.3 Å². The maximum atomic E-state index is 6.07. The first-order valence-corrected chi connectivity index (χ1v) is 9.18. The van der Waals surface area contributed by atoms with Crippen LogP contribution < -0.4 is 5.32 Å². The molecule has 4 saturated heterocycles. The van der Waals surface area contributed by atoms with Crippen LogP contribution >= 0.6 is 0 Å². The molecule has 0 radical (unpaired) electrons. The van der Waals surface area contributed by atoms with Gasteiger partial charge in [-0.05, 0) is 38.8 Å². The number of likely N-dealkylation sites (tertiary alicyclic amines) is 2. The monoisotopic (exact) mass is 306 g/mol. The van der Waals surface area contributed by atoms with Crippen LogP contribution in [0.4, 0.5) is 0 Å². The molecule has 1 N–H and O–H groups in total. The molecule has 22 heavy (non-hydrogen) atoms. The molecule has 0 saturated carbocycles. The summed E-state index contributed by atoms with van der Waals surface area (Å²) in [7, 11) is 1.92. The normalized spacial score (nSPS) is 38.6. The van der Waals surface area contributed by atoms with E-state index in [1.807, 2.05) is 7.05 Å². The Morgan fingerprint density at radius 2 is 1.77 bits per heavy atom. The third kappa shape index (κ3) is 2.73. The summed E-state index contributed by atoms with van der Waals surface area (Å²) < 4.78 is 6.07. The summed E-state index contributed by atoms with van der Waals surface area (Å²) in [6.07, 6.45) is 7.77. The summed E-state index contributed by atoms with van der Waals surface area (Å²) in [5, 5.41) is 3.59. The van der Waals surface area contributed by atoms with Crippen LogP contribution in [0.15, 0.2) is 4.99 Å². The lowest BCUT2D eigenvalue weighted by Gasteiger charge is -2.28. The van der Waals surface area contributed by atoms with Gasteiger partial charge in [0, 0.05) is 45.1 Å². The molecule has 4 aliphatic heterocycles. The number of aliphatic imine (C=N–C) groups is 1. The van der Waals surface area contributed by atoms with Crippen LogP contribution in [-0.2, 0) is 4.74 Å². The number of fused-ring (bicyclic) bond motifs is 5. The van der Waals surface area contributed by atoms with E-state index < -0.39 is 0 Å². The lowest BCUT2D eigenvalue weighted by molar-refractivity contribution is 0.0767. The van der Waals surface area contributed by atoms with Crippen molar-refractivity contribution in [1.82, 2.24) is 15.1 Å². The minimum atomic E-state index is 0.534. The SMILES string of the molecule is CN=C(NCCN1CCCCC1)N1CC2C3CCC(O3)C2C1. The minimum Gasteiger partial charge on any atom is -0.374 e. The summed E-state index contributed by atoms with van der Waals surface area (Å²) in [5.41, 5.74) is 0. The van der Waals surface area contributed by atoms with Gasteiger partial charge < -0.3 is 19.9 Å². The molecule has 0 aromatic heterocycles. The van der Waals surface area contributed by atoms with E-state index in [0.29, 0.717) is 12.2 Å². The number of rotatable bonds is 3. The molecule has 124 valence electrons. The number of hydrogen-bond donors (Lipinski definition) is 1. The first-order chi connectivity index (χ1) is 10.8. The second kappa shape index (κ2) is 6.36. The highest BCUT2D eigenvalue weighted by Crippen LogP contribution is 2.47. The predicted octanol–water partition coefficient (Wildman–Crippen LogP) is 1.16. The fourth-order valence-electron chi connectivity index (χ4n) is 4.97. The number of nitrogens with one attached hydrogen (secondary N) is 1. The lowest BCUT2D eigenvalue weighted by Crippen LogP contribution is -2.44.